The van der Waals surface area contributed by atoms with Gasteiger partial charge in [0.2, 0.25) is 0 Å². The highest BCUT2D eigenvalue weighted by atomic mass is 14.3. The number of allylic oxidation sites excluding steroid dienone is 2. The Morgan fingerprint density at radius 3 is 2.10 bits per heavy atom. The van der Waals surface area contributed by atoms with Crippen molar-refractivity contribution in [3.63, 3.8) is 0 Å². The van der Waals surface area contributed by atoms with E-state index in [2.05, 4.69) is 37.8 Å². The first kappa shape index (κ1) is 16.7. The average Bonchev–Trinajstić information content (AvgIpc) is 2.54. The Hall–Kier alpha value is -0.700. The summed E-state index contributed by atoms with van der Waals surface area (Å²) in [6.45, 7) is 4.30. The fourth-order valence-electron chi connectivity index (χ4n) is 4.43. The molecule has 0 N–H and O–H groups in total. The van der Waals surface area contributed by atoms with Gasteiger partial charge in [0.25, 0.3) is 0 Å². The molecule has 0 aromatic heterocycles. The van der Waals surface area contributed by atoms with Crippen molar-refractivity contribution in [2.75, 3.05) is 0 Å². The van der Waals surface area contributed by atoms with Crippen LogP contribution in [-0.2, 0) is 0 Å². The molecule has 21 heavy (non-hydrogen) atoms. The average molecular weight is 287 g/mol. The molecule has 0 bridgehead atoms. The van der Waals surface area contributed by atoms with Gasteiger partial charge in [0.05, 0.1) is 0 Å². The van der Waals surface area contributed by atoms with Gasteiger partial charge in [-0.25, -0.2) is 0 Å². The lowest BCUT2D eigenvalue weighted by Crippen LogP contribution is -2.25. The van der Waals surface area contributed by atoms with Crippen molar-refractivity contribution in [2.45, 2.75) is 84.5 Å². The summed E-state index contributed by atoms with van der Waals surface area (Å²) in [5, 5.41) is 0. The van der Waals surface area contributed by atoms with Gasteiger partial charge >= 0.3 is 0 Å². The van der Waals surface area contributed by atoms with Gasteiger partial charge in [-0.1, -0.05) is 37.8 Å². The van der Waals surface area contributed by atoms with Crippen LogP contribution in [0.1, 0.15) is 84.5 Å². The molecule has 2 saturated carbocycles. The van der Waals surface area contributed by atoms with Crippen molar-refractivity contribution in [3.05, 3.63) is 12.2 Å². The lowest BCUT2D eigenvalue weighted by Gasteiger charge is -2.37. The van der Waals surface area contributed by atoms with Crippen LogP contribution in [0.5, 0.6) is 0 Å². The quantitative estimate of drug-likeness (QED) is 0.416. The largest absolute Gasteiger partial charge is 0.103 e. The van der Waals surface area contributed by atoms with E-state index in [-0.39, 0.29) is 0 Å². The van der Waals surface area contributed by atoms with Crippen molar-refractivity contribution in [2.24, 2.45) is 23.7 Å². The molecule has 0 nitrogen and oxygen atoms in total. The number of hydrogen-bond donors (Lipinski definition) is 0. The second-order valence-electron chi connectivity index (χ2n) is 7.21. The molecular weight excluding hydrogens is 252 g/mol. The molecule has 2 fully saturated rings. The molecule has 0 heteroatoms. The first-order valence-corrected chi connectivity index (χ1v) is 9.43. The summed E-state index contributed by atoms with van der Waals surface area (Å²) in [6, 6.07) is 0. The van der Waals surface area contributed by atoms with Crippen LogP contribution in [0.25, 0.3) is 0 Å². The highest BCUT2D eigenvalue weighted by Gasteiger charge is 2.30. The molecule has 0 spiro atoms. The summed E-state index contributed by atoms with van der Waals surface area (Å²) >= 11 is 0. The van der Waals surface area contributed by atoms with Gasteiger partial charge in [-0.15, -0.1) is 5.92 Å². The fourth-order valence-corrected chi connectivity index (χ4v) is 4.43. The maximum atomic E-state index is 3.47. The summed E-state index contributed by atoms with van der Waals surface area (Å²) in [7, 11) is 0. The van der Waals surface area contributed by atoms with Crippen molar-refractivity contribution in [3.8, 4) is 11.8 Å². The second-order valence-corrected chi connectivity index (χ2v) is 7.21. The van der Waals surface area contributed by atoms with Crippen LogP contribution in [0.2, 0.25) is 0 Å². The first-order valence-electron chi connectivity index (χ1n) is 9.43. The highest BCUT2D eigenvalue weighted by Crippen LogP contribution is 2.42. The maximum Gasteiger partial charge on any atom is 0.0203 e. The van der Waals surface area contributed by atoms with E-state index in [1.807, 2.05) is 0 Å². The molecule has 0 saturated heterocycles. The highest BCUT2D eigenvalue weighted by molar-refractivity contribution is 5.04. The van der Waals surface area contributed by atoms with E-state index in [4.69, 9.17) is 0 Å². The van der Waals surface area contributed by atoms with E-state index in [9.17, 15) is 0 Å². The van der Waals surface area contributed by atoms with Crippen LogP contribution in [0, 0.1) is 35.5 Å². The second kappa shape index (κ2) is 9.34. The Bertz CT molecular complexity index is 351. The normalized spacial score (nSPS) is 33.6. The van der Waals surface area contributed by atoms with Gasteiger partial charge in [0.15, 0.2) is 0 Å². The van der Waals surface area contributed by atoms with Crippen molar-refractivity contribution >= 4 is 0 Å². The molecule has 0 aromatic rings. The molecule has 0 aliphatic heterocycles. The number of hydrogen-bond acceptors (Lipinski definition) is 0. The fraction of sp³-hybridized carbons (Fsp3) is 0.810. The van der Waals surface area contributed by atoms with E-state index >= 15 is 0 Å². The minimum atomic E-state index is 0.721. The predicted octanol–water partition coefficient (Wildman–Crippen LogP) is 6.37. The van der Waals surface area contributed by atoms with E-state index in [0.29, 0.717) is 0 Å². The Kier molecular flexibility index (Phi) is 7.42. The standard InChI is InChI=1S/C21H34/c1-3-5-7-9-19-12-16-21(17-13-19)20-14-10-18(11-15-20)8-6-4-2/h3,5,18-21H,4,7,9-17H2,1-2H3/b5-3+/t18-,19-,20-,21-. The lowest BCUT2D eigenvalue weighted by molar-refractivity contribution is 0.154. The van der Waals surface area contributed by atoms with Crippen LogP contribution in [0.15, 0.2) is 12.2 Å². The predicted molar refractivity (Wildman–Crippen MR) is 93.0 cm³/mol. The molecule has 118 valence electrons. The molecule has 2 aliphatic rings. The van der Waals surface area contributed by atoms with Gasteiger partial charge in [0, 0.05) is 12.3 Å². The maximum absolute atomic E-state index is 3.47. The molecule has 0 atom stereocenters. The molecule has 2 rings (SSSR count). The summed E-state index contributed by atoms with van der Waals surface area (Å²) in [6.07, 6.45) is 20.0. The zero-order valence-electron chi connectivity index (χ0n) is 14.2. The van der Waals surface area contributed by atoms with Crippen LogP contribution in [-0.4, -0.2) is 0 Å². The third-order valence-electron chi connectivity index (χ3n) is 5.79. The third-order valence-corrected chi connectivity index (χ3v) is 5.79. The molecule has 0 radical (unpaired) electrons. The molecule has 0 heterocycles. The number of rotatable bonds is 4. The molecule has 2 aliphatic carbocycles. The summed E-state index contributed by atoms with van der Waals surface area (Å²) in [5.74, 6) is 10.6. The summed E-state index contributed by atoms with van der Waals surface area (Å²) in [5.41, 5.74) is 0. The van der Waals surface area contributed by atoms with Gasteiger partial charge in [0.1, 0.15) is 0 Å². The minimum absolute atomic E-state index is 0.721. The molecular formula is C21H34. The van der Waals surface area contributed by atoms with Gasteiger partial charge in [-0.3, -0.25) is 0 Å². The van der Waals surface area contributed by atoms with Crippen molar-refractivity contribution in [1.29, 1.82) is 0 Å². The van der Waals surface area contributed by atoms with Gasteiger partial charge in [-0.2, -0.15) is 0 Å². The summed E-state index contributed by atoms with van der Waals surface area (Å²) in [4.78, 5) is 0. The Labute approximate surface area is 132 Å². The monoisotopic (exact) mass is 286 g/mol. The lowest BCUT2D eigenvalue weighted by atomic mass is 9.69. The Balaban J connectivity index is 1.67. The van der Waals surface area contributed by atoms with E-state index in [0.717, 1.165) is 30.1 Å². The van der Waals surface area contributed by atoms with Crippen LogP contribution in [0.4, 0.5) is 0 Å². The van der Waals surface area contributed by atoms with Crippen LogP contribution in [0.3, 0.4) is 0 Å². The summed E-state index contributed by atoms with van der Waals surface area (Å²) < 4.78 is 0. The topological polar surface area (TPSA) is 0 Å². The van der Waals surface area contributed by atoms with Crippen molar-refractivity contribution in [1.82, 2.24) is 0 Å². The van der Waals surface area contributed by atoms with E-state index < -0.39 is 0 Å². The van der Waals surface area contributed by atoms with E-state index in [1.165, 1.54) is 64.2 Å². The molecule has 0 aromatic carbocycles. The van der Waals surface area contributed by atoms with Crippen molar-refractivity contribution < 1.29 is 0 Å². The van der Waals surface area contributed by atoms with Gasteiger partial charge < -0.3 is 0 Å². The van der Waals surface area contributed by atoms with Gasteiger partial charge in [-0.05, 0) is 76.0 Å². The Morgan fingerprint density at radius 1 is 0.905 bits per heavy atom. The Morgan fingerprint density at radius 2 is 1.52 bits per heavy atom. The van der Waals surface area contributed by atoms with E-state index in [1.54, 1.807) is 0 Å². The molecule has 0 amide bonds. The van der Waals surface area contributed by atoms with Crippen LogP contribution >= 0.6 is 0 Å². The zero-order valence-corrected chi connectivity index (χ0v) is 14.2. The first-order chi connectivity index (χ1) is 10.3. The smallest absolute Gasteiger partial charge is 0.0203 e. The zero-order chi connectivity index (χ0) is 14.9. The third kappa shape index (κ3) is 5.54. The minimum Gasteiger partial charge on any atom is -0.103 e. The SMILES string of the molecule is C/C=C/CC[C@H]1CC[C@H]([C@H]2CC[C@H](C#CCC)CC2)CC1. The van der Waals surface area contributed by atoms with Crippen LogP contribution < -0.4 is 0 Å². The molecule has 0 unspecified atom stereocenters.